The monoisotopic (exact) mass is 238 g/mol. The van der Waals surface area contributed by atoms with Crippen molar-refractivity contribution in [3.63, 3.8) is 0 Å². The summed E-state index contributed by atoms with van der Waals surface area (Å²) in [6.45, 7) is 0. The number of hydrogen-bond acceptors (Lipinski definition) is 4. The lowest BCUT2D eigenvalue weighted by Crippen LogP contribution is -1.90. The zero-order chi connectivity index (χ0) is 11.5. The highest BCUT2D eigenvalue weighted by Crippen LogP contribution is 2.33. The second-order valence-electron chi connectivity index (χ2n) is 3.13. The quantitative estimate of drug-likeness (QED) is 0.892. The normalized spacial score (nSPS) is 10.2. The van der Waals surface area contributed by atoms with E-state index in [0.717, 1.165) is 10.8 Å². The van der Waals surface area contributed by atoms with Crippen LogP contribution in [0.15, 0.2) is 23.6 Å². The predicted molar refractivity (Wildman–Crippen MR) is 63.6 cm³/mol. The summed E-state index contributed by atoms with van der Waals surface area (Å²) in [4.78, 5) is 4.31. The van der Waals surface area contributed by atoms with Crippen molar-refractivity contribution in [2.75, 3.05) is 19.5 Å². The second-order valence-corrected chi connectivity index (χ2v) is 3.99. The van der Waals surface area contributed by atoms with Crippen molar-refractivity contribution >= 4 is 17.2 Å². The lowest BCUT2D eigenvalue weighted by atomic mass is 10.2. The number of thiazole rings is 1. The van der Waals surface area contributed by atoms with Crippen molar-refractivity contribution in [3.05, 3.63) is 29.4 Å². The van der Waals surface area contributed by atoms with Crippen molar-refractivity contribution in [3.8, 4) is 16.3 Å². The van der Waals surface area contributed by atoms with E-state index in [2.05, 4.69) is 10.3 Å². The molecule has 1 heterocycles. The number of hydrogen-bond donors (Lipinski definition) is 1. The predicted octanol–water partition coefficient (Wildman–Crippen LogP) is 3.00. The fourth-order valence-electron chi connectivity index (χ4n) is 1.36. The largest absolute Gasteiger partial charge is 0.496 e. The summed E-state index contributed by atoms with van der Waals surface area (Å²) in [5.41, 5.74) is 0.675. The van der Waals surface area contributed by atoms with Gasteiger partial charge in [0.05, 0.1) is 12.7 Å². The molecule has 1 aromatic carbocycles. The molecule has 0 bridgehead atoms. The first-order chi connectivity index (χ1) is 7.74. The molecule has 0 aliphatic heterocycles. The number of benzene rings is 1. The Morgan fingerprint density at radius 3 is 2.88 bits per heavy atom. The molecule has 84 valence electrons. The summed E-state index contributed by atoms with van der Waals surface area (Å²) in [5.74, 6) is 1.10. The number of anilines is 1. The first kappa shape index (κ1) is 10.9. The van der Waals surface area contributed by atoms with Crippen molar-refractivity contribution in [1.29, 1.82) is 0 Å². The van der Waals surface area contributed by atoms with Crippen LogP contribution in [0.1, 0.15) is 0 Å². The molecule has 2 rings (SSSR count). The van der Waals surface area contributed by atoms with Gasteiger partial charge in [0.1, 0.15) is 22.4 Å². The van der Waals surface area contributed by atoms with Gasteiger partial charge >= 0.3 is 0 Å². The van der Waals surface area contributed by atoms with Gasteiger partial charge in [-0.3, -0.25) is 0 Å². The zero-order valence-corrected chi connectivity index (χ0v) is 9.77. The van der Waals surface area contributed by atoms with Crippen LogP contribution in [0, 0.1) is 5.82 Å². The Bertz CT molecular complexity index is 498. The Hall–Kier alpha value is -1.62. The highest BCUT2D eigenvalue weighted by Gasteiger charge is 2.10. The number of nitrogens with one attached hydrogen (secondary N) is 1. The maximum absolute atomic E-state index is 13.2. The lowest BCUT2D eigenvalue weighted by molar-refractivity contribution is 0.415. The second kappa shape index (κ2) is 4.49. The number of methoxy groups -OCH3 is 1. The van der Waals surface area contributed by atoms with Gasteiger partial charge in [0.25, 0.3) is 0 Å². The molecule has 0 spiro atoms. The maximum Gasteiger partial charge on any atom is 0.137 e. The van der Waals surface area contributed by atoms with E-state index in [4.69, 9.17) is 4.74 Å². The Labute approximate surface area is 96.9 Å². The molecule has 0 saturated heterocycles. The van der Waals surface area contributed by atoms with E-state index in [9.17, 15) is 4.39 Å². The molecule has 0 unspecified atom stereocenters. The molecule has 0 fully saturated rings. The van der Waals surface area contributed by atoms with Crippen LogP contribution in [0.2, 0.25) is 0 Å². The minimum absolute atomic E-state index is 0.294. The fraction of sp³-hybridized carbons (Fsp3) is 0.182. The number of nitrogens with zero attached hydrogens (tertiary/aromatic N) is 1. The smallest absolute Gasteiger partial charge is 0.137 e. The topological polar surface area (TPSA) is 34.1 Å². The van der Waals surface area contributed by atoms with Gasteiger partial charge in [-0.1, -0.05) is 0 Å². The summed E-state index contributed by atoms with van der Waals surface area (Å²) in [6, 6.07) is 4.40. The van der Waals surface area contributed by atoms with Gasteiger partial charge in [0, 0.05) is 12.4 Å². The maximum atomic E-state index is 13.2. The Morgan fingerprint density at radius 1 is 1.44 bits per heavy atom. The van der Waals surface area contributed by atoms with E-state index >= 15 is 0 Å². The van der Waals surface area contributed by atoms with Gasteiger partial charge in [-0.2, -0.15) is 0 Å². The summed E-state index contributed by atoms with van der Waals surface area (Å²) in [7, 11) is 3.35. The highest BCUT2D eigenvalue weighted by molar-refractivity contribution is 7.13. The van der Waals surface area contributed by atoms with Crippen LogP contribution in [-0.4, -0.2) is 19.1 Å². The van der Waals surface area contributed by atoms with Gasteiger partial charge in [-0.05, 0) is 18.2 Å². The van der Waals surface area contributed by atoms with Crippen molar-refractivity contribution in [2.45, 2.75) is 0 Å². The number of rotatable bonds is 3. The van der Waals surface area contributed by atoms with Crippen LogP contribution < -0.4 is 10.1 Å². The number of ether oxygens (including phenoxy) is 1. The lowest BCUT2D eigenvalue weighted by Gasteiger charge is -2.05. The molecular weight excluding hydrogens is 227 g/mol. The van der Waals surface area contributed by atoms with Crippen molar-refractivity contribution in [1.82, 2.24) is 4.98 Å². The SMILES string of the molecule is CNc1csc(-c2cc(F)ccc2OC)n1. The van der Waals surface area contributed by atoms with E-state index in [1.54, 1.807) is 20.2 Å². The van der Waals surface area contributed by atoms with Crippen LogP contribution in [0.3, 0.4) is 0 Å². The van der Waals surface area contributed by atoms with Gasteiger partial charge in [-0.15, -0.1) is 11.3 Å². The van der Waals surface area contributed by atoms with Gasteiger partial charge in [0.15, 0.2) is 0 Å². The first-order valence-corrected chi connectivity index (χ1v) is 5.59. The van der Waals surface area contributed by atoms with Gasteiger partial charge < -0.3 is 10.1 Å². The molecule has 1 N–H and O–H groups in total. The third-order valence-corrected chi connectivity index (χ3v) is 3.03. The zero-order valence-electron chi connectivity index (χ0n) is 8.95. The number of aromatic nitrogens is 1. The molecular formula is C11H11FN2OS. The summed E-state index contributed by atoms with van der Waals surface area (Å²) >= 11 is 1.45. The average Bonchev–Trinajstić information content (AvgIpc) is 2.77. The molecule has 3 nitrogen and oxygen atoms in total. The van der Waals surface area contributed by atoms with E-state index < -0.39 is 0 Å². The van der Waals surface area contributed by atoms with Crippen molar-refractivity contribution < 1.29 is 9.13 Å². The molecule has 1 aromatic heterocycles. The molecule has 0 aliphatic rings. The Kier molecular flexibility index (Phi) is 3.05. The molecule has 0 aliphatic carbocycles. The highest BCUT2D eigenvalue weighted by atomic mass is 32.1. The number of halogens is 1. The van der Waals surface area contributed by atoms with E-state index in [1.165, 1.54) is 23.5 Å². The molecule has 0 radical (unpaired) electrons. The minimum Gasteiger partial charge on any atom is -0.496 e. The first-order valence-electron chi connectivity index (χ1n) is 4.72. The molecule has 2 aromatic rings. The van der Waals surface area contributed by atoms with Crippen LogP contribution in [-0.2, 0) is 0 Å². The van der Waals surface area contributed by atoms with Crippen LogP contribution in [0.5, 0.6) is 5.75 Å². The summed E-state index contributed by atoms with van der Waals surface area (Å²) in [6.07, 6.45) is 0. The third kappa shape index (κ3) is 1.99. The molecule has 5 heteroatoms. The third-order valence-electron chi connectivity index (χ3n) is 2.15. The Morgan fingerprint density at radius 2 is 2.25 bits per heavy atom. The van der Waals surface area contributed by atoms with Crippen molar-refractivity contribution in [2.24, 2.45) is 0 Å². The standard InChI is InChI=1S/C11H11FN2OS/c1-13-10-6-16-11(14-10)8-5-7(12)3-4-9(8)15-2/h3-6,13H,1-2H3. The van der Waals surface area contributed by atoms with Gasteiger partial charge in [-0.25, -0.2) is 9.37 Å². The van der Waals surface area contributed by atoms with E-state index in [-0.39, 0.29) is 5.82 Å². The van der Waals surface area contributed by atoms with Crippen LogP contribution in [0.4, 0.5) is 10.2 Å². The van der Waals surface area contributed by atoms with E-state index in [1.807, 2.05) is 5.38 Å². The summed E-state index contributed by atoms with van der Waals surface area (Å²) in [5, 5.41) is 5.55. The Balaban J connectivity index is 2.49. The van der Waals surface area contributed by atoms with Crippen LogP contribution >= 0.6 is 11.3 Å². The van der Waals surface area contributed by atoms with Gasteiger partial charge in [0.2, 0.25) is 0 Å². The molecule has 0 saturated carbocycles. The minimum atomic E-state index is -0.294. The molecule has 0 atom stereocenters. The van der Waals surface area contributed by atoms with E-state index in [0.29, 0.717) is 11.3 Å². The average molecular weight is 238 g/mol. The molecule has 16 heavy (non-hydrogen) atoms. The van der Waals surface area contributed by atoms with Crippen LogP contribution in [0.25, 0.3) is 10.6 Å². The molecule has 0 amide bonds. The fourth-order valence-corrected chi connectivity index (χ4v) is 2.19. The summed E-state index contributed by atoms with van der Waals surface area (Å²) < 4.78 is 18.3.